The highest BCUT2D eigenvalue weighted by molar-refractivity contribution is 9.10. The molecule has 0 aliphatic heterocycles. The summed E-state index contributed by atoms with van der Waals surface area (Å²) in [7, 11) is 0. The number of nitrogens with one attached hydrogen (secondary N) is 1. The van der Waals surface area contributed by atoms with E-state index < -0.39 is 5.60 Å². The fraction of sp³-hybridized carbons (Fsp3) is 0.0625. The number of aromatic nitrogens is 2. The molecule has 0 saturated heterocycles. The maximum Gasteiger partial charge on any atom is 0.172 e. The molecule has 3 aromatic rings. The van der Waals surface area contributed by atoms with Crippen LogP contribution in [-0.4, -0.2) is 15.1 Å². The molecule has 1 unspecified atom stereocenters. The molecular weight excluding hydrogens is 316 g/mol. The molecule has 4 heteroatoms. The van der Waals surface area contributed by atoms with Crippen LogP contribution in [0.15, 0.2) is 71.5 Å². The largest absolute Gasteiger partial charge is 0.373 e. The van der Waals surface area contributed by atoms with Gasteiger partial charge in [0.1, 0.15) is 5.82 Å². The molecule has 3 rings (SSSR count). The van der Waals surface area contributed by atoms with Crippen molar-refractivity contribution in [3.05, 3.63) is 88.4 Å². The fourth-order valence-electron chi connectivity index (χ4n) is 2.27. The summed E-state index contributed by atoms with van der Waals surface area (Å²) >= 11 is 3.41. The first-order chi connectivity index (χ1) is 9.71. The number of halogens is 1. The smallest absolute Gasteiger partial charge is 0.172 e. The van der Waals surface area contributed by atoms with Gasteiger partial charge < -0.3 is 10.1 Å². The van der Waals surface area contributed by atoms with Gasteiger partial charge in [-0.15, -0.1) is 0 Å². The summed E-state index contributed by atoms with van der Waals surface area (Å²) in [6.45, 7) is 0. The molecule has 0 amide bonds. The van der Waals surface area contributed by atoms with Gasteiger partial charge >= 0.3 is 0 Å². The standard InChI is InChI=1S/C16H13BrN2O/c17-14-8-6-13(7-9-14)16(20,15-18-10-11-19-15)12-4-2-1-3-5-12/h1-11,20H,(H,18,19). The van der Waals surface area contributed by atoms with Crippen LogP contribution in [0.3, 0.4) is 0 Å². The van der Waals surface area contributed by atoms with Gasteiger partial charge in [0.25, 0.3) is 0 Å². The third kappa shape index (κ3) is 2.17. The van der Waals surface area contributed by atoms with Crippen molar-refractivity contribution in [1.82, 2.24) is 9.97 Å². The van der Waals surface area contributed by atoms with Gasteiger partial charge in [0.15, 0.2) is 5.60 Å². The molecular formula is C16H13BrN2O. The second-order valence-electron chi connectivity index (χ2n) is 4.52. The zero-order valence-corrected chi connectivity index (χ0v) is 12.2. The SMILES string of the molecule is OC(c1ccccc1)(c1ccc(Br)cc1)c1ncc[nH]1. The van der Waals surface area contributed by atoms with Crippen molar-refractivity contribution < 1.29 is 5.11 Å². The highest BCUT2D eigenvalue weighted by Gasteiger charge is 2.36. The van der Waals surface area contributed by atoms with Crippen molar-refractivity contribution in [3.63, 3.8) is 0 Å². The maximum absolute atomic E-state index is 11.3. The van der Waals surface area contributed by atoms with E-state index in [1.807, 2.05) is 54.6 Å². The first kappa shape index (κ1) is 13.1. The summed E-state index contributed by atoms with van der Waals surface area (Å²) in [5.74, 6) is 0.506. The lowest BCUT2D eigenvalue weighted by atomic mass is 9.85. The molecule has 3 nitrogen and oxygen atoms in total. The van der Waals surface area contributed by atoms with Gasteiger partial charge in [0, 0.05) is 16.9 Å². The molecule has 0 aliphatic carbocycles. The molecule has 2 aromatic carbocycles. The molecule has 0 bridgehead atoms. The van der Waals surface area contributed by atoms with Crippen LogP contribution in [0.25, 0.3) is 0 Å². The number of aliphatic hydroxyl groups is 1. The Hall–Kier alpha value is -1.91. The molecule has 100 valence electrons. The van der Waals surface area contributed by atoms with Crippen LogP contribution in [0, 0.1) is 0 Å². The number of rotatable bonds is 3. The Morgan fingerprint density at radius 3 is 2.20 bits per heavy atom. The molecule has 0 saturated carbocycles. The van der Waals surface area contributed by atoms with Crippen molar-refractivity contribution in [2.24, 2.45) is 0 Å². The van der Waals surface area contributed by atoms with E-state index in [9.17, 15) is 5.11 Å². The summed E-state index contributed by atoms with van der Waals surface area (Å²) in [6.07, 6.45) is 3.35. The molecule has 0 aliphatic rings. The average Bonchev–Trinajstić information content (AvgIpc) is 3.03. The summed E-state index contributed by atoms with van der Waals surface area (Å²) in [5, 5.41) is 11.3. The fourth-order valence-corrected chi connectivity index (χ4v) is 2.54. The molecule has 1 heterocycles. The van der Waals surface area contributed by atoms with Gasteiger partial charge in [-0.25, -0.2) is 4.98 Å². The van der Waals surface area contributed by atoms with Gasteiger partial charge in [-0.3, -0.25) is 0 Å². The van der Waals surface area contributed by atoms with E-state index in [0.29, 0.717) is 5.82 Å². The highest BCUT2D eigenvalue weighted by atomic mass is 79.9. The lowest BCUT2D eigenvalue weighted by molar-refractivity contribution is 0.116. The van der Waals surface area contributed by atoms with E-state index in [2.05, 4.69) is 25.9 Å². The quantitative estimate of drug-likeness (QED) is 0.773. The second kappa shape index (κ2) is 5.23. The number of nitrogens with zero attached hydrogens (tertiary/aromatic N) is 1. The minimum absolute atomic E-state index is 0.506. The number of benzene rings is 2. The topological polar surface area (TPSA) is 48.9 Å². The minimum Gasteiger partial charge on any atom is -0.373 e. The molecule has 2 N–H and O–H groups in total. The predicted molar refractivity (Wildman–Crippen MR) is 81.3 cm³/mol. The first-order valence-corrected chi connectivity index (χ1v) is 7.04. The normalized spacial score (nSPS) is 13.9. The van der Waals surface area contributed by atoms with Gasteiger partial charge in [-0.2, -0.15) is 0 Å². The monoisotopic (exact) mass is 328 g/mol. The second-order valence-corrected chi connectivity index (χ2v) is 5.44. The zero-order chi connectivity index (χ0) is 14.0. The Balaban J connectivity index is 2.21. The predicted octanol–water partition coefficient (Wildman–Crippen LogP) is 3.46. The molecule has 1 aromatic heterocycles. The van der Waals surface area contributed by atoms with Crippen molar-refractivity contribution >= 4 is 15.9 Å². The molecule has 0 radical (unpaired) electrons. The molecule has 0 fully saturated rings. The van der Waals surface area contributed by atoms with Crippen LogP contribution in [0.5, 0.6) is 0 Å². The molecule has 0 spiro atoms. The molecule has 1 atom stereocenters. The van der Waals surface area contributed by atoms with Crippen molar-refractivity contribution in [1.29, 1.82) is 0 Å². The van der Waals surface area contributed by atoms with Crippen molar-refractivity contribution in [2.75, 3.05) is 0 Å². The van der Waals surface area contributed by atoms with E-state index >= 15 is 0 Å². The van der Waals surface area contributed by atoms with Crippen molar-refractivity contribution in [2.45, 2.75) is 5.60 Å². The number of hydrogen-bond acceptors (Lipinski definition) is 2. The summed E-state index contributed by atoms with van der Waals surface area (Å²) in [6, 6.07) is 17.1. The number of aromatic amines is 1. The Labute approximate surface area is 125 Å². The van der Waals surface area contributed by atoms with Crippen LogP contribution < -0.4 is 0 Å². The number of hydrogen-bond donors (Lipinski definition) is 2. The third-order valence-corrected chi connectivity index (χ3v) is 3.82. The maximum atomic E-state index is 11.3. The van der Waals surface area contributed by atoms with Crippen LogP contribution in [-0.2, 0) is 5.60 Å². The number of H-pyrrole nitrogens is 1. The Kier molecular flexibility index (Phi) is 3.42. The van der Waals surface area contributed by atoms with E-state index in [0.717, 1.165) is 15.6 Å². The van der Waals surface area contributed by atoms with Crippen LogP contribution >= 0.6 is 15.9 Å². The lowest BCUT2D eigenvalue weighted by Crippen LogP contribution is -2.30. The van der Waals surface area contributed by atoms with E-state index in [4.69, 9.17) is 0 Å². The van der Waals surface area contributed by atoms with Crippen LogP contribution in [0.1, 0.15) is 17.0 Å². The van der Waals surface area contributed by atoms with Gasteiger partial charge in [-0.1, -0.05) is 58.4 Å². The van der Waals surface area contributed by atoms with Crippen LogP contribution in [0.2, 0.25) is 0 Å². The summed E-state index contributed by atoms with van der Waals surface area (Å²) in [5.41, 5.74) is 0.255. The Morgan fingerprint density at radius 2 is 1.60 bits per heavy atom. The van der Waals surface area contributed by atoms with Gasteiger partial charge in [0.05, 0.1) is 0 Å². The number of imidazole rings is 1. The van der Waals surface area contributed by atoms with E-state index in [1.54, 1.807) is 12.4 Å². The minimum atomic E-state index is -1.29. The third-order valence-electron chi connectivity index (χ3n) is 3.29. The van der Waals surface area contributed by atoms with E-state index in [1.165, 1.54) is 0 Å². The lowest BCUT2D eigenvalue weighted by Gasteiger charge is -2.27. The van der Waals surface area contributed by atoms with Crippen LogP contribution in [0.4, 0.5) is 0 Å². The Morgan fingerprint density at radius 1 is 0.950 bits per heavy atom. The first-order valence-electron chi connectivity index (χ1n) is 6.25. The van der Waals surface area contributed by atoms with Gasteiger partial charge in [-0.05, 0) is 23.3 Å². The van der Waals surface area contributed by atoms with Crippen molar-refractivity contribution in [3.8, 4) is 0 Å². The zero-order valence-electron chi connectivity index (χ0n) is 10.6. The average molecular weight is 329 g/mol. The summed E-state index contributed by atoms with van der Waals surface area (Å²) < 4.78 is 0.969. The summed E-state index contributed by atoms with van der Waals surface area (Å²) in [4.78, 5) is 7.26. The van der Waals surface area contributed by atoms with E-state index in [-0.39, 0.29) is 0 Å². The molecule has 20 heavy (non-hydrogen) atoms. The highest BCUT2D eigenvalue weighted by Crippen LogP contribution is 2.34. The Bertz CT molecular complexity index is 680. The van der Waals surface area contributed by atoms with Gasteiger partial charge in [0.2, 0.25) is 0 Å².